The number of nitrogens with zero attached hydrogens (tertiary/aromatic N) is 2. The maximum atomic E-state index is 5.90. The molecule has 0 saturated carbocycles. The normalized spacial score (nSPS) is 10.9. The van der Waals surface area contributed by atoms with E-state index in [-0.39, 0.29) is 0 Å². The molecule has 16 heavy (non-hydrogen) atoms. The highest BCUT2D eigenvalue weighted by Gasteiger charge is 2.09. The molecular weight excluding hydrogens is 242 g/mol. The fraction of sp³-hybridized carbons (Fsp3) is 0.455. The molecule has 0 aromatic carbocycles. The molecule has 0 spiro atoms. The van der Waals surface area contributed by atoms with E-state index in [1.54, 1.807) is 11.3 Å². The lowest BCUT2D eigenvalue weighted by atomic mass is 10.3. The van der Waals surface area contributed by atoms with Crippen LogP contribution in [0.15, 0.2) is 6.07 Å². The van der Waals surface area contributed by atoms with Gasteiger partial charge in [0.25, 0.3) is 0 Å². The number of rotatable bonds is 4. The van der Waals surface area contributed by atoms with Gasteiger partial charge in [-0.1, -0.05) is 13.8 Å². The van der Waals surface area contributed by atoms with E-state index in [0.717, 1.165) is 35.4 Å². The molecule has 2 aromatic heterocycles. The lowest BCUT2D eigenvalue weighted by Gasteiger charge is -2.04. The molecule has 3 nitrogen and oxygen atoms in total. The summed E-state index contributed by atoms with van der Waals surface area (Å²) in [4.78, 5) is 10.8. The predicted molar refractivity (Wildman–Crippen MR) is 70.6 cm³/mol. The lowest BCUT2D eigenvalue weighted by Crippen LogP contribution is -2.02. The van der Waals surface area contributed by atoms with Gasteiger partial charge in [-0.25, -0.2) is 9.97 Å². The zero-order valence-corrected chi connectivity index (χ0v) is 11.0. The Balaban J connectivity index is 2.48. The van der Waals surface area contributed by atoms with Crippen molar-refractivity contribution in [1.82, 2.24) is 9.97 Å². The van der Waals surface area contributed by atoms with Crippen molar-refractivity contribution in [3.63, 3.8) is 0 Å². The highest BCUT2D eigenvalue weighted by molar-refractivity contribution is 7.18. The smallest absolute Gasteiger partial charge is 0.225 e. The van der Waals surface area contributed by atoms with Gasteiger partial charge in [-0.2, -0.15) is 0 Å². The Morgan fingerprint density at radius 2 is 2.19 bits per heavy atom. The second kappa shape index (κ2) is 4.97. The Hall–Kier alpha value is -0.870. The predicted octanol–water partition coefficient (Wildman–Crippen LogP) is 3.73. The number of fused-ring (bicyclic) bond motifs is 1. The zero-order chi connectivity index (χ0) is 11.5. The van der Waals surface area contributed by atoms with Gasteiger partial charge in [0.1, 0.15) is 10.6 Å². The molecule has 0 unspecified atom stereocenters. The van der Waals surface area contributed by atoms with E-state index in [0.29, 0.717) is 5.28 Å². The molecule has 0 aliphatic carbocycles. The minimum Gasteiger partial charge on any atom is -0.369 e. The number of thiophene rings is 1. The molecule has 0 atom stereocenters. The molecular formula is C11H14ClN3S. The summed E-state index contributed by atoms with van der Waals surface area (Å²) in [5, 5.41) is 4.69. The lowest BCUT2D eigenvalue weighted by molar-refractivity contribution is 0.970. The number of aromatic nitrogens is 2. The molecule has 2 heterocycles. The van der Waals surface area contributed by atoms with Crippen molar-refractivity contribution in [3.05, 3.63) is 16.2 Å². The van der Waals surface area contributed by atoms with Gasteiger partial charge in [-0.05, 0) is 30.5 Å². The van der Waals surface area contributed by atoms with Gasteiger partial charge in [0.2, 0.25) is 5.28 Å². The number of hydrogen-bond donors (Lipinski definition) is 1. The minimum absolute atomic E-state index is 0.315. The average molecular weight is 256 g/mol. The number of hydrogen-bond acceptors (Lipinski definition) is 4. The average Bonchev–Trinajstić information content (AvgIpc) is 2.68. The minimum atomic E-state index is 0.315. The van der Waals surface area contributed by atoms with Crippen molar-refractivity contribution >= 4 is 39.0 Å². The van der Waals surface area contributed by atoms with E-state index in [4.69, 9.17) is 11.6 Å². The van der Waals surface area contributed by atoms with Crippen LogP contribution in [-0.4, -0.2) is 16.5 Å². The molecule has 0 aliphatic rings. The fourth-order valence-corrected chi connectivity index (χ4v) is 2.68. The van der Waals surface area contributed by atoms with Gasteiger partial charge in [0.15, 0.2) is 0 Å². The SMILES string of the molecule is CCCNc1nc(Cl)nc2sc(CC)cc12. The molecule has 86 valence electrons. The molecule has 1 N–H and O–H groups in total. The van der Waals surface area contributed by atoms with E-state index in [1.807, 2.05) is 0 Å². The first-order valence-electron chi connectivity index (χ1n) is 5.44. The molecule has 2 aromatic rings. The third-order valence-electron chi connectivity index (χ3n) is 2.31. The third-order valence-corrected chi connectivity index (χ3v) is 3.65. The molecule has 5 heteroatoms. The van der Waals surface area contributed by atoms with Gasteiger partial charge in [-0.3, -0.25) is 0 Å². The van der Waals surface area contributed by atoms with Crippen molar-refractivity contribution < 1.29 is 0 Å². The standard InChI is InChI=1S/C11H14ClN3S/c1-3-5-13-9-8-6-7(4-2)16-10(8)15-11(12)14-9/h6H,3-5H2,1-2H3,(H,13,14,15). The van der Waals surface area contributed by atoms with Gasteiger partial charge < -0.3 is 5.32 Å². The molecule has 0 aliphatic heterocycles. The van der Waals surface area contributed by atoms with Crippen LogP contribution in [0.2, 0.25) is 5.28 Å². The van der Waals surface area contributed by atoms with Crippen LogP contribution in [0.3, 0.4) is 0 Å². The van der Waals surface area contributed by atoms with Crippen molar-refractivity contribution in [1.29, 1.82) is 0 Å². The second-order valence-electron chi connectivity index (χ2n) is 3.55. The summed E-state index contributed by atoms with van der Waals surface area (Å²) in [7, 11) is 0. The third kappa shape index (κ3) is 2.28. The van der Waals surface area contributed by atoms with Crippen LogP contribution in [0.5, 0.6) is 0 Å². The van der Waals surface area contributed by atoms with Crippen LogP contribution >= 0.6 is 22.9 Å². The molecule has 0 fully saturated rings. The fourth-order valence-electron chi connectivity index (χ4n) is 1.50. The van der Waals surface area contributed by atoms with E-state index in [1.165, 1.54) is 4.88 Å². The highest BCUT2D eigenvalue weighted by atomic mass is 35.5. The number of anilines is 1. The van der Waals surface area contributed by atoms with Crippen LogP contribution in [0.1, 0.15) is 25.1 Å². The maximum Gasteiger partial charge on any atom is 0.225 e. The van der Waals surface area contributed by atoms with Crippen LogP contribution in [-0.2, 0) is 6.42 Å². The summed E-state index contributed by atoms with van der Waals surface area (Å²) in [5.74, 6) is 0.854. The van der Waals surface area contributed by atoms with Crippen LogP contribution in [0, 0.1) is 0 Å². The zero-order valence-electron chi connectivity index (χ0n) is 9.38. The number of nitrogens with one attached hydrogen (secondary N) is 1. The van der Waals surface area contributed by atoms with Crippen molar-refractivity contribution in [2.75, 3.05) is 11.9 Å². The largest absolute Gasteiger partial charge is 0.369 e. The molecule has 0 radical (unpaired) electrons. The molecule has 2 rings (SSSR count). The van der Waals surface area contributed by atoms with Gasteiger partial charge in [-0.15, -0.1) is 11.3 Å². The van der Waals surface area contributed by atoms with E-state index >= 15 is 0 Å². The summed E-state index contributed by atoms with van der Waals surface area (Å²) in [6, 6.07) is 2.15. The Morgan fingerprint density at radius 1 is 1.38 bits per heavy atom. The first-order valence-corrected chi connectivity index (χ1v) is 6.63. The van der Waals surface area contributed by atoms with Crippen molar-refractivity contribution in [2.24, 2.45) is 0 Å². The summed E-state index contributed by atoms with van der Waals surface area (Å²) < 4.78 is 0. The first kappa shape index (κ1) is 11.6. The van der Waals surface area contributed by atoms with Crippen molar-refractivity contribution in [3.8, 4) is 0 Å². The first-order chi connectivity index (χ1) is 7.74. The topological polar surface area (TPSA) is 37.8 Å². The number of halogens is 1. The van der Waals surface area contributed by atoms with Crippen LogP contribution in [0.4, 0.5) is 5.82 Å². The van der Waals surface area contributed by atoms with Gasteiger partial charge in [0, 0.05) is 11.4 Å². The maximum absolute atomic E-state index is 5.90. The van der Waals surface area contributed by atoms with Crippen LogP contribution in [0.25, 0.3) is 10.2 Å². The van der Waals surface area contributed by atoms with Gasteiger partial charge in [0.05, 0.1) is 5.39 Å². The molecule has 0 saturated heterocycles. The van der Waals surface area contributed by atoms with Gasteiger partial charge >= 0.3 is 0 Å². The van der Waals surface area contributed by atoms with E-state index in [9.17, 15) is 0 Å². The Morgan fingerprint density at radius 3 is 2.88 bits per heavy atom. The highest BCUT2D eigenvalue weighted by Crippen LogP contribution is 2.30. The van der Waals surface area contributed by atoms with Crippen LogP contribution < -0.4 is 5.32 Å². The summed E-state index contributed by atoms with van der Waals surface area (Å²) in [5.41, 5.74) is 0. The summed E-state index contributed by atoms with van der Waals surface area (Å²) in [6.45, 7) is 5.16. The van der Waals surface area contributed by atoms with E-state index < -0.39 is 0 Å². The van der Waals surface area contributed by atoms with Crippen molar-refractivity contribution in [2.45, 2.75) is 26.7 Å². The summed E-state index contributed by atoms with van der Waals surface area (Å²) >= 11 is 7.58. The Kier molecular flexibility index (Phi) is 3.61. The Bertz CT molecular complexity index is 495. The van der Waals surface area contributed by atoms with E-state index in [2.05, 4.69) is 35.2 Å². The quantitative estimate of drug-likeness (QED) is 0.846. The number of aryl methyl sites for hydroxylation is 1. The molecule has 0 amide bonds. The molecule has 0 bridgehead atoms. The Labute approximate surface area is 104 Å². The monoisotopic (exact) mass is 255 g/mol. The second-order valence-corrected chi connectivity index (χ2v) is 5.01. The summed E-state index contributed by atoms with van der Waals surface area (Å²) in [6.07, 6.45) is 2.08.